The van der Waals surface area contributed by atoms with Crippen molar-refractivity contribution in [3.8, 4) is 5.75 Å². The van der Waals surface area contributed by atoms with E-state index >= 15 is 0 Å². The van der Waals surface area contributed by atoms with E-state index in [-0.39, 0.29) is 6.10 Å². The molecule has 1 heteroatoms. The van der Waals surface area contributed by atoms with Crippen LogP contribution >= 0.6 is 0 Å². The number of hydrogen-bond acceptors (Lipinski definition) is 1. The van der Waals surface area contributed by atoms with E-state index in [1.165, 1.54) is 42.4 Å². The minimum atomic E-state index is 0.234. The molecule has 0 heterocycles. The van der Waals surface area contributed by atoms with Gasteiger partial charge in [-0.15, -0.1) is 0 Å². The van der Waals surface area contributed by atoms with Crippen LogP contribution in [0.2, 0.25) is 0 Å². The fourth-order valence-corrected chi connectivity index (χ4v) is 3.54. The first kappa shape index (κ1) is 14.4. The van der Waals surface area contributed by atoms with Crippen LogP contribution in [0.4, 0.5) is 0 Å². The molecule has 0 aliphatic heterocycles. The Morgan fingerprint density at radius 2 is 2.10 bits per heavy atom. The molecule has 2 aliphatic carbocycles. The topological polar surface area (TPSA) is 9.23 Å². The molecule has 2 aliphatic rings. The summed E-state index contributed by atoms with van der Waals surface area (Å²) >= 11 is 0. The molecule has 0 radical (unpaired) electrons. The lowest BCUT2D eigenvalue weighted by molar-refractivity contribution is 0.161. The maximum Gasteiger partial charge on any atom is 0.126 e. The van der Waals surface area contributed by atoms with E-state index in [9.17, 15) is 0 Å². The number of ether oxygens (including phenoxy) is 1. The quantitative estimate of drug-likeness (QED) is 0.723. The Morgan fingerprint density at radius 1 is 1.24 bits per heavy atom. The highest BCUT2D eigenvalue weighted by atomic mass is 16.5. The molecule has 0 saturated heterocycles. The summed E-state index contributed by atoms with van der Waals surface area (Å²) in [6.07, 6.45) is 10.8. The monoisotopic (exact) mass is 282 g/mol. The van der Waals surface area contributed by atoms with E-state index < -0.39 is 0 Å². The number of aryl methyl sites for hydroxylation is 2. The highest BCUT2D eigenvalue weighted by Gasteiger charge is 2.30. The zero-order valence-corrected chi connectivity index (χ0v) is 13.5. The van der Waals surface area contributed by atoms with E-state index in [0.717, 1.165) is 12.2 Å². The van der Waals surface area contributed by atoms with E-state index in [0.29, 0.717) is 5.92 Å². The van der Waals surface area contributed by atoms with Gasteiger partial charge in [-0.1, -0.05) is 43.7 Å². The predicted octanol–water partition coefficient (Wildman–Crippen LogP) is 5.38. The van der Waals surface area contributed by atoms with E-state index in [4.69, 9.17) is 4.74 Å². The second kappa shape index (κ2) is 6.09. The lowest BCUT2D eigenvalue weighted by Gasteiger charge is -2.35. The Morgan fingerprint density at radius 3 is 2.90 bits per heavy atom. The van der Waals surface area contributed by atoms with Crippen molar-refractivity contribution >= 4 is 0 Å². The highest BCUT2D eigenvalue weighted by Crippen LogP contribution is 2.38. The minimum absolute atomic E-state index is 0.234. The van der Waals surface area contributed by atoms with Crippen LogP contribution < -0.4 is 4.74 Å². The molecule has 0 bridgehead atoms. The summed E-state index contributed by atoms with van der Waals surface area (Å²) < 4.78 is 6.53. The minimum Gasteiger partial charge on any atom is -0.485 e. The van der Waals surface area contributed by atoms with Gasteiger partial charge >= 0.3 is 0 Å². The molecular weight excluding hydrogens is 256 g/mol. The molecule has 3 rings (SSSR count). The summed E-state index contributed by atoms with van der Waals surface area (Å²) in [5, 5.41) is 0. The standard InChI is InChI=1S/C20H26O/c1-4-16-11-9-14(2)13-19(16)21-20-15(3)10-12-17-7-5-6-8-18(17)20/h6,8-9,11,13,15,20H,4-5,7,10,12H2,1-3H3/t15?,20-/m1/s1. The number of hydrogen-bond donors (Lipinski definition) is 0. The smallest absolute Gasteiger partial charge is 0.126 e. The molecule has 1 aromatic carbocycles. The molecule has 112 valence electrons. The Kier molecular flexibility index (Phi) is 4.19. The van der Waals surface area contributed by atoms with Crippen LogP contribution in [0.15, 0.2) is 41.5 Å². The van der Waals surface area contributed by atoms with Crippen molar-refractivity contribution in [1.82, 2.24) is 0 Å². The lowest BCUT2D eigenvalue weighted by atomic mass is 9.78. The van der Waals surface area contributed by atoms with Crippen molar-refractivity contribution in [2.75, 3.05) is 0 Å². The van der Waals surface area contributed by atoms with Crippen molar-refractivity contribution < 1.29 is 4.74 Å². The predicted molar refractivity (Wildman–Crippen MR) is 88.8 cm³/mol. The van der Waals surface area contributed by atoms with Crippen LogP contribution in [0.3, 0.4) is 0 Å². The largest absolute Gasteiger partial charge is 0.485 e. The van der Waals surface area contributed by atoms with Gasteiger partial charge in [-0.3, -0.25) is 0 Å². The first-order valence-electron chi connectivity index (χ1n) is 8.33. The van der Waals surface area contributed by atoms with Gasteiger partial charge < -0.3 is 4.74 Å². The third-order valence-corrected chi connectivity index (χ3v) is 4.90. The number of allylic oxidation sites excluding steroid dienone is 2. The first-order valence-corrected chi connectivity index (χ1v) is 8.33. The Hall–Kier alpha value is -1.50. The third-order valence-electron chi connectivity index (χ3n) is 4.90. The maximum absolute atomic E-state index is 6.53. The fourth-order valence-electron chi connectivity index (χ4n) is 3.54. The summed E-state index contributed by atoms with van der Waals surface area (Å²) in [7, 11) is 0. The second-order valence-corrected chi connectivity index (χ2v) is 6.52. The molecule has 2 atom stereocenters. The first-order chi connectivity index (χ1) is 10.2. The molecule has 1 aromatic rings. The maximum atomic E-state index is 6.53. The average Bonchev–Trinajstić information content (AvgIpc) is 2.50. The van der Waals surface area contributed by atoms with E-state index in [1.54, 1.807) is 5.57 Å². The van der Waals surface area contributed by atoms with Crippen LogP contribution in [-0.4, -0.2) is 6.10 Å². The van der Waals surface area contributed by atoms with Crippen LogP contribution in [0, 0.1) is 12.8 Å². The molecule has 0 amide bonds. The average molecular weight is 282 g/mol. The van der Waals surface area contributed by atoms with Crippen LogP contribution in [0.25, 0.3) is 0 Å². The normalized spacial score (nSPS) is 24.9. The third kappa shape index (κ3) is 2.92. The van der Waals surface area contributed by atoms with Gasteiger partial charge in [-0.05, 0) is 67.7 Å². The summed E-state index contributed by atoms with van der Waals surface area (Å²) in [5.41, 5.74) is 5.69. The molecule has 1 unspecified atom stereocenters. The summed E-state index contributed by atoms with van der Waals surface area (Å²) in [6.45, 7) is 6.67. The van der Waals surface area contributed by atoms with Crippen molar-refractivity contribution in [2.24, 2.45) is 5.92 Å². The summed E-state index contributed by atoms with van der Waals surface area (Å²) in [5.74, 6) is 1.68. The Labute approximate surface area is 128 Å². The van der Waals surface area contributed by atoms with Gasteiger partial charge in [0.2, 0.25) is 0 Å². The zero-order chi connectivity index (χ0) is 14.8. The van der Waals surface area contributed by atoms with Crippen molar-refractivity contribution in [3.63, 3.8) is 0 Å². The molecule has 0 spiro atoms. The summed E-state index contributed by atoms with van der Waals surface area (Å²) in [4.78, 5) is 0. The molecule has 0 saturated carbocycles. The summed E-state index contributed by atoms with van der Waals surface area (Å²) in [6, 6.07) is 6.60. The van der Waals surface area contributed by atoms with Crippen LogP contribution in [0.5, 0.6) is 5.75 Å². The van der Waals surface area contributed by atoms with Crippen LogP contribution in [-0.2, 0) is 6.42 Å². The molecule has 0 fully saturated rings. The molecule has 0 aromatic heterocycles. The van der Waals surface area contributed by atoms with Gasteiger partial charge in [-0.2, -0.15) is 0 Å². The van der Waals surface area contributed by atoms with Gasteiger partial charge in [0, 0.05) is 0 Å². The highest BCUT2D eigenvalue weighted by molar-refractivity contribution is 5.41. The zero-order valence-electron chi connectivity index (χ0n) is 13.5. The van der Waals surface area contributed by atoms with Crippen molar-refractivity contribution in [2.45, 2.75) is 59.0 Å². The van der Waals surface area contributed by atoms with Gasteiger partial charge in [0.15, 0.2) is 0 Å². The van der Waals surface area contributed by atoms with E-state index in [2.05, 4.69) is 51.1 Å². The molecule has 21 heavy (non-hydrogen) atoms. The Bertz CT molecular complexity index is 580. The van der Waals surface area contributed by atoms with E-state index in [1.807, 2.05) is 0 Å². The SMILES string of the molecule is CCc1ccc(C)cc1O[C@H]1C2=C(CCC=C2)CCC1C. The van der Waals surface area contributed by atoms with Crippen molar-refractivity contribution in [1.29, 1.82) is 0 Å². The molecule has 1 nitrogen and oxygen atoms in total. The van der Waals surface area contributed by atoms with Gasteiger partial charge in [0.25, 0.3) is 0 Å². The second-order valence-electron chi connectivity index (χ2n) is 6.52. The molecular formula is C20H26O. The van der Waals surface area contributed by atoms with Crippen LogP contribution in [0.1, 0.15) is 50.7 Å². The van der Waals surface area contributed by atoms with Crippen molar-refractivity contribution in [3.05, 3.63) is 52.6 Å². The van der Waals surface area contributed by atoms with Gasteiger partial charge in [-0.25, -0.2) is 0 Å². The molecule has 0 N–H and O–H groups in total. The number of benzene rings is 1. The lowest BCUT2D eigenvalue weighted by Crippen LogP contribution is -2.32. The van der Waals surface area contributed by atoms with Gasteiger partial charge in [0.1, 0.15) is 11.9 Å². The number of rotatable bonds is 3. The fraction of sp³-hybridized carbons (Fsp3) is 0.500. The Balaban J connectivity index is 1.92. The van der Waals surface area contributed by atoms with Gasteiger partial charge in [0.05, 0.1) is 0 Å².